The molecule has 0 spiro atoms. The number of methoxy groups -OCH3 is 1. The number of rotatable bonds is 9. The molecule has 7 heteroatoms. The lowest BCUT2D eigenvalue weighted by Gasteiger charge is -2.23. The highest BCUT2D eigenvalue weighted by molar-refractivity contribution is 5.84. The van der Waals surface area contributed by atoms with Crippen molar-refractivity contribution in [1.82, 2.24) is 15.2 Å². The summed E-state index contributed by atoms with van der Waals surface area (Å²) in [6.07, 6.45) is 2.00. The molecule has 2 amide bonds. The number of hydrogen-bond donors (Lipinski definition) is 2. The molecule has 1 aromatic heterocycles. The molecular weight excluding hydrogens is 457 g/mol. The van der Waals surface area contributed by atoms with Crippen molar-refractivity contribution < 1.29 is 18.7 Å². The van der Waals surface area contributed by atoms with Gasteiger partial charge < -0.3 is 24.7 Å². The van der Waals surface area contributed by atoms with E-state index in [0.29, 0.717) is 31.2 Å². The highest BCUT2D eigenvalue weighted by atomic mass is 19.1. The molecule has 0 aliphatic rings. The maximum Gasteiger partial charge on any atom is 0.317 e. The van der Waals surface area contributed by atoms with Crippen LogP contribution in [0.4, 0.5) is 9.18 Å². The maximum atomic E-state index is 13.5. The Morgan fingerprint density at radius 1 is 1.11 bits per heavy atom. The van der Waals surface area contributed by atoms with Gasteiger partial charge in [-0.1, -0.05) is 30.3 Å². The second-order valence-electron chi connectivity index (χ2n) is 8.80. The summed E-state index contributed by atoms with van der Waals surface area (Å²) in [6, 6.07) is 18.4. The number of aromatic amines is 1. The molecule has 1 heterocycles. The summed E-state index contributed by atoms with van der Waals surface area (Å²) in [5.74, 6) is 0.917. The smallest absolute Gasteiger partial charge is 0.317 e. The Kier molecular flexibility index (Phi) is 7.78. The van der Waals surface area contributed by atoms with Crippen LogP contribution < -0.4 is 14.8 Å². The largest absolute Gasteiger partial charge is 0.493 e. The SMILES string of the molecule is CCOc1ccc(C(CNC(=O)N(C)Cc2ccc(F)cc2C)c2c[nH]c3ccccc23)cc1OC. The van der Waals surface area contributed by atoms with Crippen molar-refractivity contribution in [1.29, 1.82) is 0 Å². The molecule has 0 aliphatic carbocycles. The van der Waals surface area contributed by atoms with E-state index >= 15 is 0 Å². The lowest BCUT2D eigenvalue weighted by Crippen LogP contribution is -2.39. The minimum Gasteiger partial charge on any atom is -0.493 e. The molecule has 4 aromatic rings. The summed E-state index contributed by atoms with van der Waals surface area (Å²) in [6.45, 7) is 5.08. The third-order valence-corrected chi connectivity index (χ3v) is 6.40. The quantitative estimate of drug-likeness (QED) is 0.303. The first-order valence-electron chi connectivity index (χ1n) is 12.0. The second-order valence-corrected chi connectivity index (χ2v) is 8.80. The molecule has 188 valence electrons. The summed E-state index contributed by atoms with van der Waals surface area (Å²) < 4.78 is 24.8. The van der Waals surface area contributed by atoms with E-state index in [9.17, 15) is 9.18 Å². The molecule has 4 rings (SSSR count). The van der Waals surface area contributed by atoms with Crippen molar-refractivity contribution in [3.05, 3.63) is 94.9 Å². The molecule has 6 nitrogen and oxygen atoms in total. The van der Waals surface area contributed by atoms with E-state index < -0.39 is 0 Å². The van der Waals surface area contributed by atoms with Gasteiger partial charge in [-0.05, 0) is 66.4 Å². The second kappa shape index (κ2) is 11.2. The van der Waals surface area contributed by atoms with Crippen molar-refractivity contribution in [2.45, 2.75) is 26.3 Å². The molecule has 1 unspecified atom stereocenters. The number of carbonyl (C=O) groups excluding carboxylic acids is 1. The van der Waals surface area contributed by atoms with Crippen LogP contribution in [0.15, 0.2) is 66.9 Å². The first-order chi connectivity index (χ1) is 17.4. The number of nitrogens with zero attached hydrogens (tertiary/aromatic N) is 1. The third-order valence-electron chi connectivity index (χ3n) is 6.40. The summed E-state index contributed by atoms with van der Waals surface area (Å²) in [7, 11) is 3.36. The molecule has 36 heavy (non-hydrogen) atoms. The lowest BCUT2D eigenvalue weighted by atomic mass is 9.90. The van der Waals surface area contributed by atoms with Gasteiger partial charge in [0.25, 0.3) is 0 Å². The molecule has 0 radical (unpaired) electrons. The number of halogens is 1. The van der Waals surface area contributed by atoms with Gasteiger partial charge in [-0.15, -0.1) is 0 Å². The summed E-state index contributed by atoms with van der Waals surface area (Å²) in [4.78, 5) is 18.0. The van der Waals surface area contributed by atoms with Gasteiger partial charge in [-0.2, -0.15) is 0 Å². The van der Waals surface area contributed by atoms with E-state index in [1.165, 1.54) is 12.1 Å². The fraction of sp³-hybridized carbons (Fsp3) is 0.276. The Labute approximate surface area is 211 Å². The van der Waals surface area contributed by atoms with Gasteiger partial charge in [-0.25, -0.2) is 9.18 Å². The van der Waals surface area contributed by atoms with Crippen molar-refractivity contribution in [2.75, 3.05) is 27.3 Å². The topological polar surface area (TPSA) is 66.6 Å². The molecule has 1 atom stereocenters. The van der Waals surface area contributed by atoms with Gasteiger partial charge in [0, 0.05) is 43.2 Å². The molecule has 0 fully saturated rings. The van der Waals surface area contributed by atoms with Gasteiger partial charge in [0.2, 0.25) is 0 Å². The fourth-order valence-corrected chi connectivity index (χ4v) is 4.45. The van der Waals surface area contributed by atoms with Crippen LogP contribution in [-0.4, -0.2) is 43.2 Å². The first kappa shape index (κ1) is 25.1. The van der Waals surface area contributed by atoms with Crippen molar-refractivity contribution in [3.63, 3.8) is 0 Å². The lowest BCUT2D eigenvalue weighted by molar-refractivity contribution is 0.206. The number of benzene rings is 3. The van der Waals surface area contributed by atoms with Gasteiger partial charge >= 0.3 is 6.03 Å². The fourth-order valence-electron chi connectivity index (χ4n) is 4.45. The van der Waals surface area contributed by atoms with E-state index in [-0.39, 0.29) is 17.8 Å². The van der Waals surface area contributed by atoms with E-state index in [2.05, 4.69) is 16.4 Å². The average molecular weight is 490 g/mol. The molecule has 0 aliphatic heterocycles. The van der Waals surface area contributed by atoms with Gasteiger partial charge in [0.1, 0.15) is 5.82 Å². The normalized spacial score (nSPS) is 11.8. The van der Waals surface area contributed by atoms with Crippen LogP contribution in [0.2, 0.25) is 0 Å². The van der Waals surface area contributed by atoms with Crippen molar-refractivity contribution in [2.24, 2.45) is 0 Å². The first-order valence-corrected chi connectivity index (χ1v) is 12.0. The van der Waals surface area contributed by atoms with E-state index in [0.717, 1.165) is 33.2 Å². The number of hydrogen-bond acceptors (Lipinski definition) is 3. The predicted molar refractivity (Wildman–Crippen MR) is 140 cm³/mol. The summed E-state index contributed by atoms with van der Waals surface area (Å²) in [5, 5.41) is 4.19. The van der Waals surface area contributed by atoms with Crippen LogP contribution in [0.3, 0.4) is 0 Å². The monoisotopic (exact) mass is 489 g/mol. The van der Waals surface area contributed by atoms with Gasteiger partial charge in [0.15, 0.2) is 11.5 Å². The number of amides is 2. The van der Waals surface area contributed by atoms with Gasteiger partial charge in [-0.3, -0.25) is 0 Å². The number of para-hydroxylation sites is 1. The molecule has 0 bridgehead atoms. The molecule has 0 saturated heterocycles. The van der Waals surface area contributed by atoms with Crippen LogP contribution in [0.5, 0.6) is 11.5 Å². The van der Waals surface area contributed by atoms with Crippen LogP contribution in [0.25, 0.3) is 10.9 Å². The van der Waals surface area contributed by atoms with Gasteiger partial charge in [0.05, 0.1) is 13.7 Å². The number of aryl methyl sites for hydroxylation is 1. The minimum atomic E-state index is -0.282. The van der Waals surface area contributed by atoms with Crippen molar-refractivity contribution in [3.8, 4) is 11.5 Å². The number of aromatic nitrogens is 1. The zero-order chi connectivity index (χ0) is 25.7. The van der Waals surface area contributed by atoms with E-state index in [1.807, 2.05) is 56.4 Å². The Hall–Kier alpha value is -4.00. The zero-order valence-corrected chi connectivity index (χ0v) is 21.1. The summed E-state index contributed by atoms with van der Waals surface area (Å²) in [5.41, 5.74) is 4.82. The molecule has 2 N–H and O–H groups in total. The van der Waals surface area contributed by atoms with Crippen LogP contribution in [0.1, 0.15) is 35.1 Å². The molecule has 3 aromatic carbocycles. The highest BCUT2D eigenvalue weighted by Crippen LogP contribution is 2.36. The third kappa shape index (κ3) is 5.46. The predicted octanol–water partition coefficient (Wildman–Crippen LogP) is 6.00. The Morgan fingerprint density at radius 3 is 2.67 bits per heavy atom. The number of urea groups is 1. The zero-order valence-electron chi connectivity index (χ0n) is 21.1. The number of fused-ring (bicyclic) bond motifs is 1. The molecule has 0 saturated carbocycles. The number of carbonyl (C=O) groups is 1. The van der Waals surface area contributed by atoms with Crippen LogP contribution in [-0.2, 0) is 6.54 Å². The van der Waals surface area contributed by atoms with E-state index in [1.54, 1.807) is 25.1 Å². The van der Waals surface area contributed by atoms with E-state index in [4.69, 9.17) is 9.47 Å². The Morgan fingerprint density at radius 2 is 1.92 bits per heavy atom. The highest BCUT2D eigenvalue weighted by Gasteiger charge is 2.22. The minimum absolute atomic E-state index is 0.129. The number of ether oxygens (including phenoxy) is 2. The average Bonchev–Trinajstić information content (AvgIpc) is 3.30. The van der Waals surface area contributed by atoms with Crippen LogP contribution >= 0.6 is 0 Å². The molecular formula is C29H32FN3O3. The van der Waals surface area contributed by atoms with Crippen molar-refractivity contribution >= 4 is 16.9 Å². The Balaban J connectivity index is 1.59. The Bertz CT molecular complexity index is 1350. The number of nitrogens with one attached hydrogen (secondary N) is 2. The number of H-pyrrole nitrogens is 1. The summed E-state index contributed by atoms with van der Waals surface area (Å²) >= 11 is 0. The standard InChI is InChI=1S/C29H32FN3O3/c1-5-36-27-13-11-20(15-28(27)35-4)24(25-17-31-26-9-7-6-8-23(25)26)16-32-29(34)33(3)18-21-10-12-22(30)14-19(21)2/h6-15,17,24,31H,5,16,18H2,1-4H3,(H,32,34). The maximum absolute atomic E-state index is 13.5. The van der Waals surface area contributed by atoms with Crippen LogP contribution in [0, 0.1) is 12.7 Å².